The van der Waals surface area contributed by atoms with Gasteiger partial charge < -0.3 is 9.32 Å². The second-order valence-corrected chi connectivity index (χ2v) is 10.3. The normalized spacial score (nSPS) is 20.1. The Balaban J connectivity index is 1.57. The molecule has 0 spiro atoms. The van der Waals surface area contributed by atoms with E-state index in [-0.39, 0.29) is 23.5 Å². The first kappa shape index (κ1) is 18.2. The van der Waals surface area contributed by atoms with Crippen LogP contribution in [-0.2, 0) is 14.6 Å². The van der Waals surface area contributed by atoms with Crippen LogP contribution < -0.4 is 0 Å². The van der Waals surface area contributed by atoms with Crippen LogP contribution >= 0.6 is 11.8 Å². The van der Waals surface area contributed by atoms with Crippen molar-refractivity contribution in [1.29, 1.82) is 0 Å². The third-order valence-electron chi connectivity index (χ3n) is 4.87. The van der Waals surface area contributed by atoms with E-state index in [2.05, 4.69) is 9.97 Å². The van der Waals surface area contributed by atoms with E-state index in [0.29, 0.717) is 17.0 Å². The maximum atomic E-state index is 12.8. The topological polar surface area (TPSA) is 93.4 Å². The van der Waals surface area contributed by atoms with E-state index < -0.39 is 15.1 Å². The zero-order valence-electron chi connectivity index (χ0n) is 15.0. The molecule has 1 saturated heterocycles. The number of aromatic nitrogens is 2. The summed E-state index contributed by atoms with van der Waals surface area (Å²) in [4.78, 5) is 23.0. The van der Waals surface area contributed by atoms with Gasteiger partial charge in [-0.3, -0.25) is 4.79 Å². The first-order valence-electron chi connectivity index (χ1n) is 8.62. The molecule has 0 bridgehead atoms. The number of thioether (sulfide) groups is 1. The molecule has 0 N–H and O–H groups in total. The lowest BCUT2D eigenvalue weighted by atomic mass is 10.2. The summed E-state index contributed by atoms with van der Waals surface area (Å²) < 4.78 is 29.3. The van der Waals surface area contributed by atoms with Crippen LogP contribution in [0.2, 0.25) is 0 Å². The lowest BCUT2D eigenvalue weighted by Gasteiger charge is -2.26. The zero-order valence-corrected chi connectivity index (χ0v) is 16.6. The van der Waals surface area contributed by atoms with Crippen LogP contribution in [0.25, 0.3) is 22.1 Å². The standard InChI is InChI=1S/C18H19N3O4S2/c1-11(18(22)21(2)12-7-8-27(23,24)9-12)26-17-16-15(19-10-20-17)13-5-3-4-6-14(13)25-16/h3-6,10-12H,7-9H2,1-2H3/t11-,12-/m1/s1. The molecule has 3 aromatic rings. The van der Waals surface area contributed by atoms with E-state index in [4.69, 9.17) is 4.42 Å². The minimum atomic E-state index is -3.04. The van der Waals surface area contributed by atoms with E-state index >= 15 is 0 Å². The number of fused-ring (bicyclic) bond motifs is 3. The number of hydrogen-bond acceptors (Lipinski definition) is 7. The molecule has 7 nitrogen and oxygen atoms in total. The van der Waals surface area contributed by atoms with Gasteiger partial charge in [0.1, 0.15) is 22.5 Å². The molecule has 1 fully saturated rings. The molecule has 0 saturated carbocycles. The Morgan fingerprint density at radius 3 is 2.85 bits per heavy atom. The van der Waals surface area contributed by atoms with Crippen LogP contribution in [0.3, 0.4) is 0 Å². The van der Waals surface area contributed by atoms with Crippen molar-refractivity contribution in [2.45, 2.75) is 29.7 Å². The summed E-state index contributed by atoms with van der Waals surface area (Å²) in [6.07, 6.45) is 1.96. The number of hydrogen-bond donors (Lipinski definition) is 0. The van der Waals surface area contributed by atoms with E-state index in [1.165, 1.54) is 18.1 Å². The van der Waals surface area contributed by atoms with Crippen LogP contribution in [0, 0.1) is 0 Å². The van der Waals surface area contributed by atoms with Crippen LogP contribution in [0.5, 0.6) is 0 Å². The van der Waals surface area contributed by atoms with Crippen molar-refractivity contribution in [2.75, 3.05) is 18.6 Å². The molecule has 2 atom stereocenters. The van der Waals surface area contributed by atoms with Crippen molar-refractivity contribution in [1.82, 2.24) is 14.9 Å². The van der Waals surface area contributed by atoms with Gasteiger partial charge >= 0.3 is 0 Å². The average Bonchev–Trinajstić information content (AvgIpc) is 3.21. The van der Waals surface area contributed by atoms with Crippen molar-refractivity contribution in [3.05, 3.63) is 30.6 Å². The quantitative estimate of drug-likeness (QED) is 0.486. The minimum Gasteiger partial charge on any atom is -0.451 e. The van der Waals surface area contributed by atoms with Crippen LogP contribution in [0.4, 0.5) is 0 Å². The summed E-state index contributed by atoms with van der Waals surface area (Å²) in [5, 5.41) is 1.08. The van der Waals surface area contributed by atoms with Gasteiger partial charge in [-0.1, -0.05) is 23.9 Å². The van der Waals surface area contributed by atoms with Gasteiger partial charge in [-0.2, -0.15) is 0 Å². The number of carbonyl (C=O) groups excluding carboxylic acids is 1. The van der Waals surface area contributed by atoms with Crippen molar-refractivity contribution >= 4 is 49.6 Å². The third-order valence-corrected chi connectivity index (χ3v) is 7.68. The molecule has 0 unspecified atom stereocenters. The Morgan fingerprint density at radius 1 is 1.33 bits per heavy atom. The van der Waals surface area contributed by atoms with Crippen LogP contribution in [-0.4, -0.2) is 59.0 Å². The molecule has 2 aromatic heterocycles. The molecule has 27 heavy (non-hydrogen) atoms. The maximum absolute atomic E-state index is 12.8. The van der Waals surface area contributed by atoms with Crippen LogP contribution in [0.1, 0.15) is 13.3 Å². The van der Waals surface area contributed by atoms with Gasteiger partial charge in [-0.15, -0.1) is 0 Å². The predicted molar refractivity (Wildman–Crippen MR) is 104 cm³/mol. The Hall–Kier alpha value is -2.13. The van der Waals surface area contributed by atoms with Gasteiger partial charge in [0.15, 0.2) is 15.4 Å². The molecule has 1 aromatic carbocycles. The Kier molecular flexibility index (Phi) is 4.59. The minimum absolute atomic E-state index is 0.0357. The van der Waals surface area contributed by atoms with Gasteiger partial charge in [0.2, 0.25) is 5.91 Å². The number of nitrogens with zero attached hydrogens (tertiary/aromatic N) is 3. The summed E-state index contributed by atoms with van der Waals surface area (Å²) in [5.41, 5.74) is 2.01. The lowest BCUT2D eigenvalue weighted by Crippen LogP contribution is -2.41. The lowest BCUT2D eigenvalue weighted by molar-refractivity contribution is -0.130. The molecular weight excluding hydrogens is 386 g/mol. The van der Waals surface area contributed by atoms with Crippen LogP contribution in [0.15, 0.2) is 40.0 Å². The second-order valence-electron chi connectivity index (χ2n) is 6.72. The van der Waals surface area contributed by atoms with E-state index in [1.807, 2.05) is 24.3 Å². The van der Waals surface area contributed by atoms with E-state index in [9.17, 15) is 13.2 Å². The summed E-state index contributed by atoms with van der Waals surface area (Å²) in [7, 11) is -1.37. The summed E-state index contributed by atoms with van der Waals surface area (Å²) in [5.74, 6) is 0.0565. The highest BCUT2D eigenvalue weighted by Crippen LogP contribution is 2.34. The zero-order chi connectivity index (χ0) is 19.2. The monoisotopic (exact) mass is 405 g/mol. The highest BCUT2D eigenvalue weighted by Gasteiger charge is 2.34. The average molecular weight is 406 g/mol. The summed E-state index contributed by atoms with van der Waals surface area (Å²) in [6, 6.07) is 7.35. The fourth-order valence-electron chi connectivity index (χ4n) is 3.35. The number of benzene rings is 1. The number of amides is 1. The first-order chi connectivity index (χ1) is 12.9. The predicted octanol–water partition coefficient (Wildman–Crippen LogP) is 2.50. The molecule has 4 rings (SSSR count). The Labute approximate surface area is 161 Å². The first-order valence-corrected chi connectivity index (χ1v) is 11.3. The largest absolute Gasteiger partial charge is 0.451 e. The van der Waals surface area contributed by atoms with Crippen molar-refractivity contribution in [3.8, 4) is 0 Å². The number of furan rings is 1. The van der Waals surface area contributed by atoms with E-state index in [1.54, 1.807) is 18.9 Å². The molecule has 0 aliphatic carbocycles. The molecule has 9 heteroatoms. The smallest absolute Gasteiger partial charge is 0.235 e. The van der Waals surface area contributed by atoms with Crippen molar-refractivity contribution in [3.63, 3.8) is 0 Å². The van der Waals surface area contributed by atoms with Gasteiger partial charge in [0.05, 0.1) is 16.8 Å². The van der Waals surface area contributed by atoms with E-state index in [0.717, 1.165) is 16.5 Å². The molecule has 1 aliphatic rings. The molecule has 3 heterocycles. The fourth-order valence-corrected chi connectivity index (χ4v) is 6.08. The Bertz CT molecular complexity index is 1130. The second kappa shape index (κ2) is 6.79. The molecule has 1 amide bonds. The Morgan fingerprint density at radius 2 is 2.11 bits per heavy atom. The molecule has 1 aliphatic heterocycles. The highest BCUT2D eigenvalue weighted by molar-refractivity contribution is 8.00. The number of carbonyl (C=O) groups is 1. The number of sulfone groups is 1. The molecule has 0 radical (unpaired) electrons. The van der Waals surface area contributed by atoms with Crippen molar-refractivity contribution < 1.29 is 17.6 Å². The number of rotatable bonds is 4. The van der Waals surface area contributed by atoms with Gasteiger partial charge in [-0.25, -0.2) is 18.4 Å². The highest BCUT2D eigenvalue weighted by atomic mass is 32.2. The van der Waals surface area contributed by atoms with Gasteiger partial charge in [-0.05, 0) is 25.5 Å². The fraction of sp³-hybridized carbons (Fsp3) is 0.389. The summed E-state index contributed by atoms with van der Waals surface area (Å²) in [6.45, 7) is 1.80. The molecular formula is C18H19N3O4S2. The summed E-state index contributed by atoms with van der Waals surface area (Å²) >= 11 is 1.30. The molecule has 142 valence electrons. The third kappa shape index (κ3) is 3.41. The van der Waals surface area contributed by atoms with Gasteiger partial charge in [0.25, 0.3) is 0 Å². The SMILES string of the molecule is C[C@@H](Sc1ncnc2c1oc1ccccc12)C(=O)N(C)[C@@H]1CCS(=O)(=O)C1. The maximum Gasteiger partial charge on any atom is 0.235 e. The van der Waals surface area contributed by atoms with Gasteiger partial charge in [0, 0.05) is 18.5 Å². The number of para-hydroxylation sites is 1. The van der Waals surface area contributed by atoms with Crippen molar-refractivity contribution in [2.24, 2.45) is 0 Å².